The summed E-state index contributed by atoms with van der Waals surface area (Å²) in [6, 6.07) is 21.0. The van der Waals surface area contributed by atoms with Crippen LogP contribution in [0, 0.1) is 17.3 Å². The SMILES string of the molecule is CC#CCn1c(N2CCN(C(=O)O)CC2)nc(CO[Si](c2ccccc2)(c2ccccc2)C(C)(C)C)c1C(=N)SC. The number of aromatic nitrogens is 2. The van der Waals surface area contributed by atoms with Gasteiger partial charge in [0.15, 0.2) is 0 Å². The van der Waals surface area contributed by atoms with E-state index >= 15 is 0 Å². The van der Waals surface area contributed by atoms with E-state index in [1.807, 2.05) is 23.0 Å². The summed E-state index contributed by atoms with van der Waals surface area (Å²) in [5.74, 6) is 6.83. The Morgan fingerprint density at radius 2 is 1.61 bits per heavy atom. The number of thioether (sulfide) groups is 1. The molecular weight excluding hydrogens is 551 g/mol. The van der Waals surface area contributed by atoms with E-state index in [0.29, 0.717) is 55.1 Å². The minimum Gasteiger partial charge on any atom is -0.465 e. The smallest absolute Gasteiger partial charge is 0.407 e. The van der Waals surface area contributed by atoms with Crippen molar-refractivity contribution in [3.8, 4) is 11.8 Å². The molecule has 1 saturated heterocycles. The van der Waals surface area contributed by atoms with Gasteiger partial charge in [-0.05, 0) is 28.6 Å². The minimum atomic E-state index is -2.83. The van der Waals surface area contributed by atoms with Crippen LogP contribution in [0.2, 0.25) is 5.04 Å². The van der Waals surface area contributed by atoms with Crippen molar-refractivity contribution in [2.75, 3.05) is 37.3 Å². The third kappa shape index (κ3) is 6.22. The van der Waals surface area contributed by atoms with Gasteiger partial charge in [0, 0.05) is 26.2 Å². The van der Waals surface area contributed by atoms with Crippen molar-refractivity contribution in [3.63, 3.8) is 0 Å². The van der Waals surface area contributed by atoms with Gasteiger partial charge in [-0.25, -0.2) is 9.78 Å². The van der Waals surface area contributed by atoms with Crippen LogP contribution in [0.3, 0.4) is 0 Å². The fourth-order valence-corrected chi connectivity index (χ4v) is 10.5. The standard InChI is InChI=1S/C31H39N5O3SSi/c1-6-7-18-36-27(28(32)40-5)26(33-29(36)34-19-21-35(22-20-34)30(37)38)23-39-41(31(2,3)4,24-14-10-8-11-15-24)25-16-12-9-13-17-25/h8-17,32H,18-23H2,1-5H3,(H,37,38). The molecule has 3 aromatic rings. The van der Waals surface area contributed by atoms with Crippen molar-refractivity contribution in [1.82, 2.24) is 14.5 Å². The molecule has 0 atom stereocenters. The van der Waals surface area contributed by atoms with E-state index in [2.05, 4.69) is 86.0 Å². The first kappa shape index (κ1) is 30.4. The van der Waals surface area contributed by atoms with Crippen molar-refractivity contribution in [3.05, 3.63) is 72.1 Å². The predicted octanol–water partition coefficient (Wildman–Crippen LogP) is 4.47. The molecule has 1 aromatic heterocycles. The Bertz CT molecular complexity index is 1380. The van der Waals surface area contributed by atoms with Crippen LogP contribution in [-0.2, 0) is 17.6 Å². The normalized spacial score (nSPS) is 14.0. The number of amides is 1. The maximum absolute atomic E-state index is 11.5. The number of nitrogens with one attached hydrogen (secondary N) is 1. The fraction of sp³-hybridized carbons (Fsp3) is 0.387. The summed E-state index contributed by atoms with van der Waals surface area (Å²) in [7, 11) is -2.83. The highest BCUT2D eigenvalue weighted by Crippen LogP contribution is 2.38. The van der Waals surface area contributed by atoms with Crippen molar-refractivity contribution in [1.29, 1.82) is 5.41 Å². The quantitative estimate of drug-likeness (QED) is 0.174. The van der Waals surface area contributed by atoms with E-state index in [0.717, 1.165) is 0 Å². The summed E-state index contributed by atoms with van der Waals surface area (Å²) in [4.78, 5) is 20.1. The third-order valence-electron chi connectivity index (χ3n) is 7.53. The predicted molar refractivity (Wildman–Crippen MR) is 170 cm³/mol. The van der Waals surface area contributed by atoms with Crippen LogP contribution in [0.1, 0.15) is 39.1 Å². The average molecular weight is 590 g/mol. The maximum Gasteiger partial charge on any atom is 0.407 e. The highest BCUT2D eigenvalue weighted by atomic mass is 32.2. The zero-order valence-corrected chi connectivity index (χ0v) is 26.3. The molecule has 1 fully saturated rings. The number of anilines is 1. The second kappa shape index (κ2) is 13.0. The van der Waals surface area contributed by atoms with Crippen LogP contribution >= 0.6 is 11.8 Å². The molecular formula is C31H39N5O3SSi. The Hall–Kier alpha value is -3.52. The van der Waals surface area contributed by atoms with Gasteiger partial charge in [-0.2, -0.15) is 0 Å². The van der Waals surface area contributed by atoms with Gasteiger partial charge in [0.05, 0.1) is 18.8 Å². The molecule has 0 spiro atoms. The van der Waals surface area contributed by atoms with Gasteiger partial charge in [-0.1, -0.05) is 87.4 Å². The maximum atomic E-state index is 11.5. The molecule has 2 aromatic carbocycles. The van der Waals surface area contributed by atoms with Gasteiger partial charge < -0.3 is 19.3 Å². The lowest BCUT2D eigenvalue weighted by Crippen LogP contribution is -2.66. The number of rotatable bonds is 8. The monoisotopic (exact) mass is 589 g/mol. The van der Waals surface area contributed by atoms with E-state index in [1.54, 1.807) is 6.92 Å². The van der Waals surface area contributed by atoms with Crippen LogP contribution < -0.4 is 15.3 Å². The first-order valence-electron chi connectivity index (χ1n) is 13.7. The molecule has 0 saturated carbocycles. The second-order valence-corrected chi connectivity index (χ2v) is 16.1. The van der Waals surface area contributed by atoms with Gasteiger partial charge in [0.2, 0.25) is 5.95 Å². The highest BCUT2D eigenvalue weighted by molar-refractivity contribution is 8.13. The Balaban J connectivity index is 1.82. The van der Waals surface area contributed by atoms with E-state index in [-0.39, 0.29) is 11.6 Å². The molecule has 0 unspecified atom stereocenters. The average Bonchev–Trinajstić information content (AvgIpc) is 3.34. The van der Waals surface area contributed by atoms with Crippen molar-refractivity contribution < 1.29 is 14.3 Å². The largest absolute Gasteiger partial charge is 0.465 e. The molecule has 2 N–H and O–H groups in total. The van der Waals surface area contributed by atoms with Gasteiger partial charge >= 0.3 is 6.09 Å². The van der Waals surface area contributed by atoms with Crippen molar-refractivity contribution in [2.24, 2.45) is 0 Å². The molecule has 2 heterocycles. The Morgan fingerprint density at radius 3 is 2.07 bits per heavy atom. The van der Waals surface area contributed by atoms with E-state index in [1.165, 1.54) is 27.0 Å². The molecule has 10 heteroatoms. The van der Waals surface area contributed by atoms with E-state index in [4.69, 9.17) is 14.8 Å². The Kier molecular flexibility index (Phi) is 9.63. The topological polar surface area (TPSA) is 94.7 Å². The molecule has 8 nitrogen and oxygen atoms in total. The molecule has 41 heavy (non-hydrogen) atoms. The first-order valence-corrected chi connectivity index (χ1v) is 16.9. The van der Waals surface area contributed by atoms with Crippen molar-refractivity contribution in [2.45, 2.75) is 45.9 Å². The number of hydrogen-bond donors (Lipinski definition) is 2. The Morgan fingerprint density at radius 1 is 1.05 bits per heavy atom. The lowest BCUT2D eigenvalue weighted by Gasteiger charge is -2.43. The number of nitrogens with zero attached hydrogens (tertiary/aromatic N) is 4. The van der Waals surface area contributed by atoms with E-state index < -0.39 is 14.4 Å². The summed E-state index contributed by atoms with van der Waals surface area (Å²) >= 11 is 1.36. The fourth-order valence-electron chi connectivity index (χ4n) is 5.53. The van der Waals surface area contributed by atoms with Crippen LogP contribution in [0.4, 0.5) is 10.7 Å². The zero-order chi connectivity index (χ0) is 29.6. The summed E-state index contributed by atoms with van der Waals surface area (Å²) in [5, 5.41) is 20.9. The minimum absolute atomic E-state index is 0.199. The molecule has 4 rings (SSSR count). The number of hydrogen-bond acceptors (Lipinski definition) is 6. The summed E-state index contributed by atoms with van der Waals surface area (Å²) in [6.45, 7) is 11.0. The molecule has 1 aliphatic rings. The van der Waals surface area contributed by atoms with Crippen LogP contribution in [0.25, 0.3) is 0 Å². The van der Waals surface area contributed by atoms with Crippen LogP contribution in [0.15, 0.2) is 60.7 Å². The number of benzene rings is 2. The van der Waals surface area contributed by atoms with Crippen LogP contribution in [-0.4, -0.2) is 71.4 Å². The van der Waals surface area contributed by atoms with E-state index in [9.17, 15) is 9.90 Å². The van der Waals surface area contributed by atoms with Gasteiger partial charge in [0.1, 0.15) is 10.7 Å². The van der Waals surface area contributed by atoms with Gasteiger partial charge in [-0.15, -0.1) is 17.7 Å². The number of imidazole rings is 1. The Labute approximate surface area is 248 Å². The summed E-state index contributed by atoms with van der Waals surface area (Å²) < 4.78 is 9.21. The molecule has 0 bridgehead atoms. The second-order valence-electron chi connectivity index (χ2n) is 11.0. The lowest BCUT2D eigenvalue weighted by molar-refractivity contribution is 0.142. The van der Waals surface area contributed by atoms with Crippen LogP contribution in [0.5, 0.6) is 0 Å². The number of carboxylic acid groups (broad SMARTS) is 1. The molecule has 1 amide bonds. The number of piperazine rings is 1. The molecule has 0 radical (unpaired) electrons. The lowest BCUT2D eigenvalue weighted by atomic mass is 10.2. The zero-order valence-electron chi connectivity index (χ0n) is 24.5. The summed E-state index contributed by atoms with van der Waals surface area (Å²) in [5.41, 5.74) is 1.40. The highest BCUT2D eigenvalue weighted by Gasteiger charge is 2.50. The molecule has 0 aliphatic carbocycles. The molecule has 216 valence electrons. The van der Waals surface area contributed by atoms with Crippen molar-refractivity contribution >= 4 is 47.5 Å². The van der Waals surface area contributed by atoms with Gasteiger partial charge in [-0.3, -0.25) is 9.98 Å². The number of carbonyl (C=O) groups is 1. The third-order valence-corrected chi connectivity index (χ3v) is 13.1. The summed E-state index contributed by atoms with van der Waals surface area (Å²) in [6.07, 6.45) is 0.984. The first-order chi connectivity index (χ1) is 19.6. The molecule has 1 aliphatic heterocycles. The van der Waals surface area contributed by atoms with Gasteiger partial charge in [0.25, 0.3) is 8.32 Å².